The van der Waals surface area contributed by atoms with E-state index in [9.17, 15) is 9.59 Å². The molecule has 0 spiro atoms. The molecular weight excluding hydrogens is 282 g/mol. The molecule has 0 aliphatic heterocycles. The van der Waals surface area contributed by atoms with Crippen LogP contribution in [0, 0.1) is 11.8 Å². The summed E-state index contributed by atoms with van der Waals surface area (Å²) in [5.74, 6) is 0.725. The quantitative estimate of drug-likeness (QED) is 0.562. The summed E-state index contributed by atoms with van der Waals surface area (Å²) in [5, 5.41) is 2.80. The molecule has 0 aromatic rings. The highest BCUT2D eigenvalue weighted by Crippen LogP contribution is 2.02. The SMILES string of the molecule is CC.CC(C)CCC(=O)NCCOCCOCC(=O)C(C)C. The molecule has 132 valence electrons. The van der Waals surface area contributed by atoms with Gasteiger partial charge >= 0.3 is 0 Å². The van der Waals surface area contributed by atoms with Crippen LogP contribution in [-0.4, -0.2) is 44.7 Å². The Kier molecular flexibility index (Phi) is 17.4. The van der Waals surface area contributed by atoms with Crippen LogP contribution in [0.15, 0.2) is 0 Å². The standard InChI is InChI=1S/C15H29NO4.C2H6/c1-12(2)5-6-15(18)16-7-8-19-9-10-20-11-14(17)13(3)4;1-2/h12-13H,5-11H2,1-4H3,(H,16,18);1-2H3. The molecule has 22 heavy (non-hydrogen) atoms. The summed E-state index contributed by atoms with van der Waals surface area (Å²) in [6.07, 6.45) is 1.47. The first kappa shape index (κ1) is 23.3. The van der Waals surface area contributed by atoms with Crippen LogP contribution in [0.1, 0.15) is 54.4 Å². The summed E-state index contributed by atoms with van der Waals surface area (Å²) in [6.45, 7) is 13.9. The maximum Gasteiger partial charge on any atom is 0.220 e. The van der Waals surface area contributed by atoms with Crippen molar-refractivity contribution in [2.45, 2.75) is 54.4 Å². The van der Waals surface area contributed by atoms with Crippen molar-refractivity contribution in [1.29, 1.82) is 0 Å². The van der Waals surface area contributed by atoms with Gasteiger partial charge in [0, 0.05) is 18.9 Å². The Morgan fingerprint density at radius 1 is 0.955 bits per heavy atom. The van der Waals surface area contributed by atoms with E-state index in [4.69, 9.17) is 9.47 Å². The van der Waals surface area contributed by atoms with Crippen LogP contribution >= 0.6 is 0 Å². The highest BCUT2D eigenvalue weighted by atomic mass is 16.5. The summed E-state index contributed by atoms with van der Waals surface area (Å²) in [5.41, 5.74) is 0. The molecule has 1 N–H and O–H groups in total. The van der Waals surface area contributed by atoms with Crippen LogP contribution in [0.25, 0.3) is 0 Å². The van der Waals surface area contributed by atoms with Crippen molar-refractivity contribution in [3.8, 4) is 0 Å². The fourth-order valence-corrected chi connectivity index (χ4v) is 1.33. The third-order valence-corrected chi connectivity index (χ3v) is 2.78. The minimum atomic E-state index is 0.0111. The van der Waals surface area contributed by atoms with Crippen LogP contribution in [0.5, 0.6) is 0 Å². The van der Waals surface area contributed by atoms with Gasteiger partial charge in [0.2, 0.25) is 5.91 Å². The number of Topliss-reactive ketones (excluding diaryl/α,β-unsaturated/α-hetero) is 1. The monoisotopic (exact) mass is 317 g/mol. The summed E-state index contributed by atoms with van der Waals surface area (Å²) in [7, 11) is 0. The minimum absolute atomic E-state index is 0.0111. The molecule has 5 heteroatoms. The molecular formula is C17H35NO4. The zero-order chi connectivity index (χ0) is 17.4. The first-order chi connectivity index (χ1) is 10.4. The Hall–Kier alpha value is -0.940. The summed E-state index contributed by atoms with van der Waals surface area (Å²) >= 11 is 0. The zero-order valence-electron chi connectivity index (χ0n) is 15.2. The second kappa shape index (κ2) is 16.4. The van der Waals surface area contributed by atoms with E-state index in [-0.39, 0.29) is 24.2 Å². The second-order valence-corrected chi connectivity index (χ2v) is 5.57. The zero-order valence-corrected chi connectivity index (χ0v) is 15.2. The number of rotatable bonds is 12. The van der Waals surface area contributed by atoms with Gasteiger partial charge < -0.3 is 14.8 Å². The van der Waals surface area contributed by atoms with Gasteiger partial charge in [-0.15, -0.1) is 0 Å². The first-order valence-electron chi connectivity index (χ1n) is 8.38. The van der Waals surface area contributed by atoms with Crippen LogP contribution in [0.3, 0.4) is 0 Å². The summed E-state index contributed by atoms with van der Waals surface area (Å²) < 4.78 is 10.5. The maximum absolute atomic E-state index is 11.4. The van der Waals surface area contributed by atoms with Crippen LogP contribution < -0.4 is 5.32 Å². The summed E-state index contributed by atoms with van der Waals surface area (Å²) in [4.78, 5) is 22.6. The topological polar surface area (TPSA) is 64.6 Å². The molecule has 1 amide bonds. The van der Waals surface area contributed by atoms with Crippen LogP contribution in [0.2, 0.25) is 0 Å². The van der Waals surface area contributed by atoms with Gasteiger partial charge in [-0.25, -0.2) is 0 Å². The largest absolute Gasteiger partial charge is 0.377 e. The lowest BCUT2D eigenvalue weighted by Crippen LogP contribution is -2.27. The molecule has 0 heterocycles. The third-order valence-electron chi connectivity index (χ3n) is 2.78. The number of carbonyl (C=O) groups is 2. The van der Waals surface area contributed by atoms with E-state index in [0.29, 0.717) is 38.7 Å². The van der Waals surface area contributed by atoms with Gasteiger partial charge in [0.25, 0.3) is 0 Å². The van der Waals surface area contributed by atoms with E-state index >= 15 is 0 Å². The first-order valence-corrected chi connectivity index (χ1v) is 8.38. The predicted molar refractivity (Wildman–Crippen MR) is 89.9 cm³/mol. The molecule has 0 unspecified atom stereocenters. The van der Waals surface area contributed by atoms with Gasteiger partial charge in [-0.05, 0) is 12.3 Å². The van der Waals surface area contributed by atoms with Gasteiger partial charge in [-0.3, -0.25) is 9.59 Å². The highest BCUT2D eigenvalue weighted by Gasteiger charge is 2.06. The Labute approximate surface area is 136 Å². The number of carbonyl (C=O) groups excluding carboxylic acids is 2. The van der Waals surface area contributed by atoms with Crippen LogP contribution in [0.4, 0.5) is 0 Å². The van der Waals surface area contributed by atoms with E-state index < -0.39 is 0 Å². The molecule has 5 nitrogen and oxygen atoms in total. The van der Waals surface area contributed by atoms with Gasteiger partial charge in [0.1, 0.15) is 6.61 Å². The number of amides is 1. The normalized spacial score (nSPS) is 10.4. The molecule has 0 atom stereocenters. The van der Waals surface area contributed by atoms with Crippen LogP contribution in [-0.2, 0) is 19.1 Å². The van der Waals surface area contributed by atoms with Crippen molar-refractivity contribution in [3.05, 3.63) is 0 Å². The maximum atomic E-state index is 11.4. The van der Waals surface area contributed by atoms with E-state index in [1.54, 1.807) is 0 Å². The molecule has 0 aromatic carbocycles. The fraction of sp³-hybridized carbons (Fsp3) is 0.882. The fourth-order valence-electron chi connectivity index (χ4n) is 1.33. The number of hydrogen-bond donors (Lipinski definition) is 1. The average molecular weight is 317 g/mol. The number of ether oxygens (including phenoxy) is 2. The second-order valence-electron chi connectivity index (χ2n) is 5.57. The van der Waals surface area contributed by atoms with Gasteiger partial charge in [-0.1, -0.05) is 41.5 Å². The van der Waals surface area contributed by atoms with Crippen molar-refractivity contribution in [2.24, 2.45) is 11.8 Å². The Balaban J connectivity index is 0. The van der Waals surface area contributed by atoms with E-state index in [1.165, 1.54) is 0 Å². The minimum Gasteiger partial charge on any atom is -0.377 e. The molecule has 0 saturated carbocycles. The van der Waals surface area contributed by atoms with Crippen molar-refractivity contribution >= 4 is 11.7 Å². The van der Waals surface area contributed by atoms with Gasteiger partial charge in [0.15, 0.2) is 5.78 Å². The van der Waals surface area contributed by atoms with Gasteiger partial charge in [-0.2, -0.15) is 0 Å². The lowest BCUT2D eigenvalue weighted by molar-refractivity contribution is -0.127. The van der Waals surface area contributed by atoms with Crippen molar-refractivity contribution in [3.63, 3.8) is 0 Å². The highest BCUT2D eigenvalue weighted by molar-refractivity contribution is 5.81. The number of ketones is 1. The lowest BCUT2D eigenvalue weighted by Gasteiger charge is -2.08. The Morgan fingerprint density at radius 3 is 2.09 bits per heavy atom. The van der Waals surface area contributed by atoms with E-state index in [1.807, 2.05) is 27.7 Å². The molecule has 0 radical (unpaired) electrons. The van der Waals surface area contributed by atoms with E-state index in [0.717, 1.165) is 6.42 Å². The Bertz CT molecular complexity index is 278. The lowest BCUT2D eigenvalue weighted by atomic mass is 10.1. The van der Waals surface area contributed by atoms with Gasteiger partial charge in [0.05, 0.1) is 19.8 Å². The summed E-state index contributed by atoms with van der Waals surface area (Å²) in [6, 6.07) is 0. The Morgan fingerprint density at radius 2 is 1.55 bits per heavy atom. The third kappa shape index (κ3) is 17.1. The molecule has 0 aliphatic carbocycles. The van der Waals surface area contributed by atoms with Crippen molar-refractivity contribution < 1.29 is 19.1 Å². The number of nitrogens with one attached hydrogen (secondary N) is 1. The van der Waals surface area contributed by atoms with E-state index in [2.05, 4.69) is 19.2 Å². The van der Waals surface area contributed by atoms with Crippen molar-refractivity contribution in [2.75, 3.05) is 33.0 Å². The predicted octanol–water partition coefficient (Wildman–Crippen LogP) is 2.82. The molecule has 0 aromatic heterocycles. The molecule has 0 aliphatic rings. The average Bonchev–Trinajstić information content (AvgIpc) is 2.49. The molecule has 0 saturated heterocycles. The smallest absolute Gasteiger partial charge is 0.220 e. The molecule has 0 rings (SSSR count). The molecule has 0 fully saturated rings. The molecule has 0 bridgehead atoms. The van der Waals surface area contributed by atoms with Crippen molar-refractivity contribution in [1.82, 2.24) is 5.32 Å². The number of hydrogen-bond acceptors (Lipinski definition) is 4.